The second kappa shape index (κ2) is 6.63. The van der Waals surface area contributed by atoms with Crippen molar-refractivity contribution in [3.63, 3.8) is 0 Å². The molecule has 2 rings (SSSR count). The monoisotopic (exact) mass is 296 g/mol. The molecule has 0 aliphatic rings. The van der Waals surface area contributed by atoms with E-state index in [9.17, 15) is 4.21 Å². The maximum absolute atomic E-state index is 11.9. The Morgan fingerprint density at radius 3 is 3.00 bits per heavy atom. The number of nitrogens with one attached hydrogen (secondary N) is 3. The van der Waals surface area contributed by atoms with Gasteiger partial charge in [-0.1, -0.05) is 12.1 Å². The van der Waals surface area contributed by atoms with E-state index in [1.54, 1.807) is 7.05 Å². The molecule has 0 saturated carbocycles. The number of nitrogens with zero attached hydrogens (tertiary/aromatic N) is 1. The maximum Gasteiger partial charge on any atom is 0.166 e. The number of benzene rings is 1. The molecule has 0 radical (unpaired) electrons. The van der Waals surface area contributed by atoms with E-state index in [4.69, 9.17) is 12.2 Å². The van der Waals surface area contributed by atoms with E-state index in [1.807, 2.05) is 24.3 Å². The summed E-state index contributed by atoms with van der Waals surface area (Å²) < 4.78 is 11.9. The molecule has 0 spiro atoms. The van der Waals surface area contributed by atoms with Crippen molar-refractivity contribution in [3.05, 3.63) is 30.1 Å². The van der Waals surface area contributed by atoms with Gasteiger partial charge in [0.15, 0.2) is 5.11 Å². The van der Waals surface area contributed by atoms with Crippen LogP contribution in [0, 0.1) is 0 Å². The third-order valence-electron chi connectivity index (χ3n) is 2.58. The molecule has 1 unspecified atom stereocenters. The van der Waals surface area contributed by atoms with Crippen molar-refractivity contribution in [1.82, 2.24) is 20.6 Å². The van der Waals surface area contributed by atoms with Crippen LogP contribution in [0.4, 0.5) is 0 Å². The van der Waals surface area contributed by atoms with Crippen LogP contribution in [0.25, 0.3) is 11.0 Å². The quantitative estimate of drug-likeness (QED) is 0.715. The molecule has 102 valence electrons. The number of hydrogen-bond acceptors (Lipinski definition) is 3. The average Bonchev–Trinajstić information content (AvgIpc) is 2.80. The van der Waals surface area contributed by atoms with E-state index in [2.05, 4.69) is 20.6 Å². The molecule has 2 aromatic rings. The largest absolute Gasteiger partial charge is 0.366 e. The van der Waals surface area contributed by atoms with Gasteiger partial charge < -0.3 is 15.6 Å². The van der Waals surface area contributed by atoms with E-state index >= 15 is 0 Å². The van der Waals surface area contributed by atoms with Crippen LogP contribution >= 0.6 is 12.2 Å². The third kappa shape index (κ3) is 4.00. The summed E-state index contributed by atoms with van der Waals surface area (Å²) in [4.78, 5) is 7.58. The van der Waals surface area contributed by atoms with Crippen LogP contribution < -0.4 is 10.6 Å². The van der Waals surface area contributed by atoms with Crippen molar-refractivity contribution in [2.75, 3.05) is 19.3 Å². The van der Waals surface area contributed by atoms with Crippen LogP contribution in [0.1, 0.15) is 5.82 Å². The Morgan fingerprint density at radius 2 is 2.26 bits per heavy atom. The van der Waals surface area contributed by atoms with Gasteiger partial charge in [0, 0.05) is 30.1 Å². The smallest absolute Gasteiger partial charge is 0.166 e. The van der Waals surface area contributed by atoms with E-state index < -0.39 is 10.8 Å². The lowest BCUT2D eigenvalue weighted by atomic mass is 10.3. The summed E-state index contributed by atoms with van der Waals surface area (Å²) in [6.07, 6.45) is 0. The van der Waals surface area contributed by atoms with Gasteiger partial charge in [0.25, 0.3) is 0 Å². The second-order valence-corrected chi connectivity index (χ2v) is 5.98. The molecular formula is C12H16N4OS2. The Balaban J connectivity index is 1.86. The van der Waals surface area contributed by atoms with E-state index in [-0.39, 0.29) is 0 Å². The lowest BCUT2D eigenvalue weighted by molar-refractivity contribution is 0.680. The Kier molecular flexibility index (Phi) is 4.86. The van der Waals surface area contributed by atoms with Gasteiger partial charge in [-0.05, 0) is 24.4 Å². The fraction of sp³-hybridized carbons (Fsp3) is 0.333. The normalized spacial score (nSPS) is 12.3. The molecular weight excluding hydrogens is 280 g/mol. The van der Waals surface area contributed by atoms with Gasteiger partial charge in [-0.25, -0.2) is 4.98 Å². The number of fused-ring (bicyclic) bond motifs is 1. The number of thiocarbonyl (C=S) groups is 1. The Hall–Kier alpha value is -1.47. The predicted molar refractivity (Wildman–Crippen MR) is 82.5 cm³/mol. The minimum atomic E-state index is -0.960. The third-order valence-corrected chi connectivity index (χ3v) is 4.18. The van der Waals surface area contributed by atoms with E-state index in [0.717, 1.165) is 16.9 Å². The van der Waals surface area contributed by atoms with Gasteiger partial charge in [-0.3, -0.25) is 4.21 Å². The number of imidazole rings is 1. The summed E-state index contributed by atoms with van der Waals surface area (Å²) in [7, 11) is 0.791. The zero-order valence-electron chi connectivity index (χ0n) is 10.6. The van der Waals surface area contributed by atoms with Gasteiger partial charge in [-0.2, -0.15) is 0 Å². The van der Waals surface area contributed by atoms with E-state index in [1.165, 1.54) is 0 Å². The zero-order chi connectivity index (χ0) is 13.7. The summed E-state index contributed by atoms with van der Waals surface area (Å²) in [5, 5.41) is 6.35. The highest BCUT2D eigenvalue weighted by molar-refractivity contribution is 7.84. The van der Waals surface area contributed by atoms with Crippen molar-refractivity contribution in [1.29, 1.82) is 0 Å². The fourth-order valence-corrected chi connectivity index (χ4v) is 2.68. The van der Waals surface area contributed by atoms with Crippen LogP contribution in [0.15, 0.2) is 24.3 Å². The topological polar surface area (TPSA) is 69.8 Å². The predicted octanol–water partition coefficient (Wildman–Crippen LogP) is 0.905. The number of hydrogen-bond donors (Lipinski definition) is 3. The molecule has 7 heteroatoms. The Labute approximate surface area is 119 Å². The van der Waals surface area contributed by atoms with Crippen molar-refractivity contribution in [3.8, 4) is 0 Å². The lowest BCUT2D eigenvalue weighted by Gasteiger charge is -2.05. The highest BCUT2D eigenvalue weighted by atomic mass is 32.2. The molecule has 5 nitrogen and oxygen atoms in total. The van der Waals surface area contributed by atoms with Gasteiger partial charge in [0.2, 0.25) is 0 Å². The molecule has 1 aromatic heterocycles. The molecule has 0 bridgehead atoms. The average molecular weight is 296 g/mol. The molecule has 0 amide bonds. The molecule has 1 atom stereocenters. The Morgan fingerprint density at radius 1 is 1.47 bits per heavy atom. The number of H-pyrrole nitrogens is 1. The minimum Gasteiger partial charge on any atom is -0.366 e. The fourth-order valence-electron chi connectivity index (χ4n) is 1.67. The van der Waals surface area contributed by atoms with Crippen LogP contribution in [-0.2, 0) is 16.6 Å². The van der Waals surface area contributed by atoms with Crippen molar-refractivity contribution < 1.29 is 4.21 Å². The molecule has 0 aliphatic heterocycles. The molecule has 19 heavy (non-hydrogen) atoms. The Bertz CT molecular complexity index is 563. The first-order valence-corrected chi connectivity index (χ1v) is 7.83. The first-order chi connectivity index (χ1) is 9.19. The van der Waals surface area contributed by atoms with Gasteiger partial charge >= 0.3 is 0 Å². The molecule has 0 fully saturated rings. The van der Waals surface area contributed by atoms with Crippen molar-refractivity contribution in [2.24, 2.45) is 0 Å². The molecule has 0 aliphatic carbocycles. The first kappa shape index (κ1) is 14.0. The lowest BCUT2D eigenvalue weighted by Crippen LogP contribution is -2.35. The number of para-hydroxylation sites is 2. The molecule has 1 aromatic carbocycles. The molecule has 3 N–H and O–H groups in total. The van der Waals surface area contributed by atoms with Gasteiger partial charge in [0.1, 0.15) is 5.82 Å². The summed E-state index contributed by atoms with van der Waals surface area (Å²) in [5.74, 6) is 1.73. The summed E-state index contributed by atoms with van der Waals surface area (Å²) in [6.45, 7) is 0.590. The van der Waals surface area contributed by atoms with Crippen molar-refractivity contribution in [2.45, 2.75) is 5.75 Å². The number of aromatic nitrogens is 2. The second-order valence-electron chi connectivity index (χ2n) is 3.99. The van der Waals surface area contributed by atoms with Crippen molar-refractivity contribution >= 4 is 39.2 Å². The number of aromatic amines is 1. The van der Waals surface area contributed by atoms with E-state index in [0.29, 0.717) is 23.2 Å². The first-order valence-electron chi connectivity index (χ1n) is 5.93. The summed E-state index contributed by atoms with van der Waals surface area (Å²) in [5.41, 5.74) is 1.88. The standard InChI is InChI=1S/C12H16N4OS2/c1-13-12(18)14-6-7-19(17)8-11-15-9-4-2-3-5-10(9)16-11/h2-5H,6-8H2,1H3,(H,15,16)(H2,13,14,18). The molecule has 1 heterocycles. The van der Waals surface area contributed by atoms with Crippen LogP contribution in [-0.4, -0.2) is 38.6 Å². The SMILES string of the molecule is CNC(=S)NCCS(=O)Cc1nc2ccccc2[nH]1. The van der Waals surface area contributed by atoms with Gasteiger partial charge in [0.05, 0.1) is 16.8 Å². The van der Waals surface area contributed by atoms with Crippen LogP contribution in [0.5, 0.6) is 0 Å². The van der Waals surface area contributed by atoms with Gasteiger partial charge in [-0.15, -0.1) is 0 Å². The van der Waals surface area contributed by atoms with Crippen LogP contribution in [0.3, 0.4) is 0 Å². The highest BCUT2D eigenvalue weighted by Crippen LogP contribution is 2.11. The zero-order valence-corrected chi connectivity index (χ0v) is 12.2. The number of rotatable bonds is 5. The summed E-state index contributed by atoms with van der Waals surface area (Å²) >= 11 is 4.94. The minimum absolute atomic E-state index is 0.433. The highest BCUT2D eigenvalue weighted by Gasteiger charge is 2.06. The molecule has 0 saturated heterocycles. The summed E-state index contributed by atoms with van der Waals surface area (Å²) in [6, 6.07) is 7.78. The van der Waals surface area contributed by atoms with Crippen LogP contribution in [0.2, 0.25) is 0 Å². The maximum atomic E-state index is 11.9.